The van der Waals surface area contributed by atoms with Gasteiger partial charge < -0.3 is 4.90 Å². The third-order valence-corrected chi connectivity index (χ3v) is 5.76. The number of nitrogens with zero attached hydrogens (tertiary/aromatic N) is 2. The van der Waals surface area contributed by atoms with Gasteiger partial charge in [-0.15, -0.1) is 0 Å². The first kappa shape index (κ1) is 17.3. The van der Waals surface area contributed by atoms with Crippen LogP contribution in [0.5, 0.6) is 0 Å². The van der Waals surface area contributed by atoms with Crippen LogP contribution < -0.4 is 0 Å². The minimum Gasteiger partial charge on any atom is -0.340 e. The fourth-order valence-electron chi connectivity index (χ4n) is 4.07. The Bertz CT molecular complexity index is 774. The minimum atomic E-state index is 0.259. The predicted molar refractivity (Wildman–Crippen MR) is 105 cm³/mol. The summed E-state index contributed by atoms with van der Waals surface area (Å²) in [6.45, 7) is 7.94. The van der Waals surface area contributed by atoms with Crippen LogP contribution in [0.1, 0.15) is 41.1 Å². The van der Waals surface area contributed by atoms with Gasteiger partial charge in [-0.3, -0.25) is 9.69 Å². The molecule has 0 bridgehead atoms. The Balaban J connectivity index is 1.60. The summed E-state index contributed by atoms with van der Waals surface area (Å²) in [5, 5.41) is 0. The fraction of sp³-hybridized carbons (Fsp3) is 0.435. The third-order valence-electron chi connectivity index (χ3n) is 5.76. The number of rotatable bonds is 4. The summed E-state index contributed by atoms with van der Waals surface area (Å²) in [5.41, 5.74) is 5.36. The standard InChI is InChI=1S/C23H28N2O/c1-17-8-9-18(2)21(16-17)22(19-6-4-3-5-7-19)24-12-14-25(15-13-24)23(26)20-10-11-20/h3-9,16,20,22H,10-15H2,1-2H3. The normalized spacial score (nSPS) is 19.4. The van der Waals surface area contributed by atoms with Gasteiger partial charge in [0.25, 0.3) is 0 Å². The van der Waals surface area contributed by atoms with Gasteiger partial charge in [0, 0.05) is 32.1 Å². The van der Waals surface area contributed by atoms with E-state index in [2.05, 4.69) is 72.2 Å². The lowest BCUT2D eigenvalue weighted by atomic mass is 9.92. The topological polar surface area (TPSA) is 23.6 Å². The molecule has 2 aromatic rings. The molecule has 0 radical (unpaired) electrons. The average molecular weight is 348 g/mol. The summed E-state index contributed by atoms with van der Waals surface area (Å²) >= 11 is 0. The molecular formula is C23H28N2O. The van der Waals surface area contributed by atoms with E-state index in [1.165, 1.54) is 22.3 Å². The quantitative estimate of drug-likeness (QED) is 0.835. The van der Waals surface area contributed by atoms with Crippen LogP contribution in [0.2, 0.25) is 0 Å². The second-order valence-corrected chi connectivity index (χ2v) is 7.81. The lowest BCUT2D eigenvalue weighted by Crippen LogP contribution is -2.50. The van der Waals surface area contributed by atoms with Crippen molar-refractivity contribution in [1.29, 1.82) is 0 Å². The molecule has 1 saturated carbocycles. The largest absolute Gasteiger partial charge is 0.340 e. The number of carbonyl (C=O) groups is 1. The average Bonchev–Trinajstić information content (AvgIpc) is 3.51. The smallest absolute Gasteiger partial charge is 0.225 e. The van der Waals surface area contributed by atoms with Gasteiger partial charge >= 0.3 is 0 Å². The Labute approximate surface area is 156 Å². The molecule has 1 heterocycles. The molecule has 0 N–H and O–H groups in total. The van der Waals surface area contributed by atoms with Crippen molar-refractivity contribution in [2.75, 3.05) is 26.2 Å². The van der Waals surface area contributed by atoms with Gasteiger partial charge in [0.15, 0.2) is 0 Å². The lowest BCUT2D eigenvalue weighted by molar-refractivity contribution is -0.134. The number of hydrogen-bond donors (Lipinski definition) is 0. The Morgan fingerprint density at radius 3 is 2.31 bits per heavy atom. The van der Waals surface area contributed by atoms with E-state index >= 15 is 0 Å². The number of piperazine rings is 1. The Hall–Kier alpha value is -2.13. The van der Waals surface area contributed by atoms with Crippen molar-refractivity contribution in [2.24, 2.45) is 5.92 Å². The lowest BCUT2D eigenvalue weighted by Gasteiger charge is -2.40. The van der Waals surface area contributed by atoms with E-state index < -0.39 is 0 Å². The highest BCUT2D eigenvalue weighted by atomic mass is 16.2. The van der Waals surface area contributed by atoms with Gasteiger partial charge in [0.1, 0.15) is 0 Å². The first-order valence-corrected chi connectivity index (χ1v) is 9.78. The van der Waals surface area contributed by atoms with E-state index in [-0.39, 0.29) is 6.04 Å². The molecule has 2 aliphatic rings. The highest BCUT2D eigenvalue weighted by Gasteiger charge is 2.36. The zero-order valence-corrected chi connectivity index (χ0v) is 15.8. The number of aryl methyl sites for hydroxylation is 2. The number of amides is 1. The second-order valence-electron chi connectivity index (χ2n) is 7.81. The fourth-order valence-corrected chi connectivity index (χ4v) is 4.07. The molecule has 1 aliphatic heterocycles. The molecule has 1 amide bonds. The molecule has 26 heavy (non-hydrogen) atoms. The minimum absolute atomic E-state index is 0.259. The predicted octanol–water partition coefficient (Wildman–Crippen LogP) is 3.95. The van der Waals surface area contributed by atoms with Crippen molar-refractivity contribution in [3.05, 3.63) is 70.8 Å². The second kappa shape index (κ2) is 7.24. The van der Waals surface area contributed by atoms with Crippen LogP contribution in [0.15, 0.2) is 48.5 Å². The molecule has 4 rings (SSSR count). The highest BCUT2D eigenvalue weighted by Crippen LogP contribution is 2.34. The van der Waals surface area contributed by atoms with Crippen molar-refractivity contribution >= 4 is 5.91 Å². The van der Waals surface area contributed by atoms with Crippen LogP contribution in [0.4, 0.5) is 0 Å². The van der Waals surface area contributed by atoms with E-state index in [0.29, 0.717) is 11.8 Å². The summed E-state index contributed by atoms with van der Waals surface area (Å²) in [7, 11) is 0. The van der Waals surface area contributed by atoms with Gasteiger partial charge in [-0.25, -0.2) is 0 Å². The molecule has 2 aromatic carbocycles. The van der Waals surface area contributed by atoms with Crippen molar-refractivity contribution in [3.8, 4) is 0 Å². The molecule has 2 fully saturated rings. The Kier molecular flexibility index (Phi) is 4.82. The van der Waals surface area contributed by atoms with Crippen LogP contribution in [0.3, 0.4) is 0 Å². The molecule has 1 aliphatic carbocycles. The van der Waals surface area contributed by atoms with Crippen molar-refractivity contribution in [1.82, 2.24) is 9.80 Å². The van der Waals surface area contributed by atoms with E-state index in [9.17, 15) is 4.79 Å². The number of hydrogen-bond acceptors (Lipinski definition) is 2. The van der Waals surface area contributed by atoms with Crippen LogP contribution in [0, 0.1) is 19.8 Å². The van der Waals surface area contributed by atoms with E-state index in [0.717, 1.165) is 39.0 Å². The summed E-state index contributed by atoms with van der Waals surface area (Å²) in [4.78, 5) is 17.0. The summed E-state index contributed by atoms with van der Waals surface area (Å²) in [6.07, 6.45) is 2.18. The molecule has 3 heteroatoms. The van der Waals surface area contributed by atoms with Crippen molar-refractivity contribution in [3.63, 3.8) is 0 Å². The van der Waals surface area contributed by atoms with Gasteiger partial charge in [-0.1, -0.05) is 54.1 Å². The van der Waals surface area contributed by atoms with Gasteiger partial charge in [0.2, 0.25) is 5.91 Å². The maximum absolute atomic E-state index is 12.4. The number of carbonyl (C=O) groups excluding carboxylic acids is 1. The molecule has 0 aromatic heterocycles. The zero-order chi connectivity index (χ0) is 18.1. The highest BCUT2D eigenvalue weighted by molar-refractivity contribution is 5.81. The zero-order valence-electron chi connectivity index (χ0n) is 15.8. The van der Waals surface area contributed by atoms with Crippen LogP contribution in [-0.2, 0) is 4.79 Å². The Morgan fingerprint density at radius 2 is 1.65 bits per heavy atom. The first-order valence-electron chi connectivity index (χ1n) is 9.78. The molecule has 3 nitrogen and oxygen atoms in total. The molecular weight excluding hydrogens is 320 g/mol. The maximum atomic E-state index is 12.4. The SMILES string of the molecule is Cc1ccc(C)c(C(c2ccccc2)N2CCN(C(=O)C3CC3)CC2)c1. The van der Waals surface area contributed by atoms with Gasteiger partial charge in [-0.05, 0) is 43.4 Å². The van der Waals surface area contributed by atoms with Gasteiger partial charge in [0.05, 0.1) is 6.04 Å². The van der Waals surface area contributed by atoms with Crippen LogP contribution in [-0.4, -0.2) is 41.9 Å². The Morgan fingerprint density at radius 1 is 0.962 bits per heavy atom. The van der Waals surface area contributed by atoms with Crippen LogP contribution >= 0.6 is 0 Å². The molecule has 1 atom stereocenters. The van der Waals surface area contributed by atoms with E-state index in [1.54, 1.807) is 0 Å². The maximum Gasteiger partial charge on any atom is 0.225 e. The summed E-state index contributed by atoms with van der Waals surface area (Å²) in [5.74, 6) is 0.707. The van der Waals surface area contributed by atoms with Crippen LogP contribution in [0.25, 0.3) is 0 Å². The van der Waals surface area contributed by atoms with E-state index in [1.807, 2.05) is 0 Å². The first-order chi connectivity index (χ1) is 12.6. The molecule has 0 spiro atoms. The van der Waals surface area contributed by atoms with Crippen molar-refractivity contribution < 1.29 is 4.79 Å². The molecule has 136 valence electrons. The molecule has 1 saturated heterocycles. The number of benzene rings is 2. The third kappa shape index (κ3) is 3.54. The van der Waals surface area contributed by atoms with Gasteiger partial charge in [-0.2, -0.15) is 0 Å². The summed E-state index contributed by atoms with van der Waals surface area (Å²) in [6, 6.07) is 17.8. The summed E-state index contributed by atoms with van der Waals surface area (Å²) < 4.78 is 0. The monoisotopic (exact) mass is 348 g/mol. The van der Waals surface area contributed by atoms with Crippen molar-refractivity contribution in [2.45, 2.75) is 32.7 Å². The van der Waals surface area contributed by atoms with E-state index in [4.69, 9.17) is 0 Å². The molecule has 1 unspecified atom stereocenters.